The van der Waals surface area contributed by atoms with Crippen LogP contribution in [0.5, 0.6) is 0 Å². The van der Waals surface area contributed by atoms with E-state index >= 15 is 0 Å². The molecule has 0 aliphatic rings. The van der Waals surface area contributed by atoms with Crippen LogP contribution in [-0.4, -0.2) is 21.7 Å². The highest BCUT2D eigenvalue weighted by Gasteiger charge is 2.12. The molecule has 5 heteroatoms. The molecule has 124 valence electrons. The zero-order chi connectivity index (χ0) is 16.6. The van der Waals surface area contributed by atoms with E-state index in [1.807, 2.05) is 30.5 Å². The highest BCUT2D eigenvalue weighted by molar-refractivity contribution is 7.14. The minimum Gasteiger partial charge on any atom is -0.396 e. The Bertz CT molecular complexity index is 731. The topological polar surface area (TPSA) is 58.0 Å². The first kappa shape index (κ1) is 16.8. The van der Waals surface area contributed by atoms with Gasteiger partial charge in [-0.15, -0.1) is 11.3 Å². The van der Waals surface area contributed by atoms with Crippen molar-refractivity contribution >= 4 is 11.3 Å². The monoisotopic (exact) mass is 339 g/mol. The standard InChI is InChI=1S/C19H21N3OS/c23-12-6-10-17(15-7-2-1-3-8-15)21-13-16-14-22-19(24-16)18-9-4-5-11-20-18/h1-5,7-9,11,14,17,21,23H,6,10,12-13H2. The number of hydrogen-bond acceptors (Lipinski definition) is 5. The lowest BCUT2D eigenvalue weighted by Gasteiger charge is -2.18. The number of thiazole rings is 1. The molecule has 1 atom stereocenters. The van der Waals surface area contributed by atoms with Crippen molar-refractivity contribution in [2.75, 3.05) is 6.61 Å². The zero-order valence-electron chi connectivity index (χ0n) is 13.4. The molecule has 2 heterocycles. The van der Waals surface area contributed by atoms with Crippen LogP contribution in [0.2, 0.25) is 0 Å². The largest absolute Gasteiger partial charge is 0.396 e. The van der Waals surface area contributed by atoms with Gasteiger partial charge in [-0.25, -0.2) is 4.98 Å². The molecule has 24 heavy (non-hydrogen) atoms. The summed E-state index contributed by atoms with van der Waals surface area (Å²) in [6.07, 6.45) is 5.39. The van der Waals surface area contributed by atoms with Crippen molar-refractivity contribution in [3.05, 3.63) is 71.4 Å². The van der Waals surface area contributed by atoms with Crippen LogP contribution in [0.15, 0.2) is 60.9 Å². The van der Waals surface area contributed by atoms with Crippen LogP contribution in [0.25, 0.3) is 10.7 Å². The van der Waals surface area contributed by atoms with Crippen LogP contribution < -0.4 is 5.32 Å². The van der Waals surface area contributed by atoms with Gasteiger partial charge in [0.2, 0.25) is 0 Å². The van der Waals surface area contributed by atoms with E-state index in [0.717, 1.165) is 30.1 Å². The molecule has 1 unspecified atom stereocenters. The molecule has 0 aliphatic heterocycles. The van der Waals surface area contributed by atoms with Gasteiger partial charge in [0.1, 0.15) is 5.01 Å². The van der Waals surface area contributed by atoms with Crippen LogP contribution in [0.3, 0.4) is 0 Å². The van der Waals surface area contributed by atoms with Crippen molar-refractivity contribution in [1.82, 2.24) is 15.3 Å². The third kappa shape index (κ3) is 4.47. The number of rotatable bonds is 8. The highest BCUT2D eigenvalue weighted by atomic mass is 32.1. The van der Waals surface area contributed by atoms with E-state index in [9.17, 15) is 0 Å². The predicted octanol–water partition coefficient (Wildman–Crippen LogP) is 3.81. The van der Waals surface area contributed by atoms with E-state index in [1.54, 1.807) is 17.5 Å². The second-order valence-corrected chi connectivity index (χ2v) is 6.67. The summed E-state index contributed by atoms with van der Waals surface area (Å²) in [7, 11) is 0. The van der Waals surface area contributed by atoms with E-state index in [4.69, 9.17) is 5.11 Å². The molecule has 4 nitrogen and oxygen atoms in total. The van der Waals surface area contributed by atoms with Gasteiger partial charge < -0.3 is 10.4 Å². The van der Waals surface area contributed by atoms with E-state index in [2.05, 4.69) is 39.6 Å². The second kappa shape index (κ2) is 8.68. The lowest BCUT2D eigenvalue weighted by atomic mass is 10.0. The van der Waals surface area contributed by atoms with Gasteiger partial charge >= 0.3 is 0 Å². The fraction of sp³-hybridized carbons (Fsp3) is 0.263. The first-order valence-electron chi connectivity index (χ1n) is 8.12. The number of nitrogens with one attached hydrogen (secondary N) is 1. The highest BCUT2D eigenvalue weighted by Crippen LogP contribution is 2.24. The van der Waals surface area contributed by atoms with Gasteiger partial charge in [-0.3, -0.25) is 4.98 Å². The summed E-state index contributed by atoms with van der Waals surface area (Å²) >= 11 is 1.66. The van der Waals surface area contributed by atoms with Crippen molar-refractivity contribution < 1.29 is 5.11 Å². The fourth-order valence-corrected chi connectivity index (χ4v) is 3.43. The Kier molecular flexibility index (Phi) is 6.07. The first-order valence-corrected chi connectivity index (χ1v) is 8.94. The molecule has 0 radical (unpaired) electrons. The Morgan fingerprint density at radius 2 is 1.88 bits per heavy atom. The summed E-state index contributed by atoms with van der Waals surface area (Å²) in [5.74, 6) is 0. The SMILES string of the molecule is OCCCC(NCc1cnc(-c2ccccn2)s1)c1ccccc1. The Labute approximate surface area is 146 Å². The summed E-state index contributed by atoms with van der Waals surface area (Å²) in [6, 6.07) is 16.5. The lowest BCUT2D eigenvalue weighted by Crippen LogP contribution is -2.20. The Morgan fingerprint density at radius 1 is 1.04 bits per heavy atom. The quantitative estimate of drug-likeness (QED) is 0.655. The van der Waals surface area contributed by atoms with Gasteiger partial charge in [0.25, 0.3) is 0 Å². The molecule has 0 spiro atoms. The van der Waals surface area contributed by atoms with Crippen LogP contribution >= 0.6 is 11.3 Å². The van der Waals surface area contributed by atoms with Crippen molar-refractivity contribution in [3.8, 4) is 10.7 Å². The third-order valence-electron chi connectivity index (χ3n) is 3.81. The van der Waals surface area contributed by atoms with Gasteiger partial charge in [0.05, 0.1) is 5.69 Å². The number of pyridine rings is 1. The Morgan fingerprint density at radius 3 is 2.62 bits per heavy atom. The van der Waals surface area contributed by atoms with Gasteiger partial charge in [-0.1, -0.05) is 36.4 Å². The van der Waals surface area contributed by atoms with Crippen LogP contribution in [-0.2, 0) is 6.54 Å². The zero-order valence-corrected chi connectivity index (χ0v) is 14.2. The molecule has 0 saturated heterocycles. The second-order valence-electron chi connectivity index (χ2n) is 5.56. The molecule has 2 N–H and O–H groups in total. The van der Waals surface area contributed by atoms with Crippen molar-refractivity contribution in [2.24, 2.45) is 0 Å². The molecule has 0 aliphatic carbocycles. The molecular weight excluding hydrogens is 318 g/mol. The number of aliphatic hydroxyl groups excluding tert-OH is 1. The fourth-order valence-electron chi connectivity index (χ4n) is 2.59. The molecule has 3 aromatic rings. The summed E-state index contributed by atoms with van der Waals surface area (Å²) in [5.41, 5.74) is 2.16. The van der Waals surface area contributed by atoms with E-state index in [1.165, 1.54) is 10.4 Å². The summed E-state index contributed by atoms with van der Waals surface area (Å²) in [4.78, 5) is 10.0. The molecule has 0 fully saturated rings. The number of benzene rings is 1. The number of aromatic nitrogens is 2. The molecule has 1 aromatic carbocycles. The van der Waals surface area contributed by atoms with Gasteiger partial charge in [-0.2, -0.15) is 0 Å². The molecule has 0 saturated carbocycles. The smallest absolute Gasteiger partial charge is 0.142 e. The average molecular weight is 339 g/mol. The summed E-state index contributed by atoms with van der Waals surface area (Å²) in [6.45, 7) is 0.977. The van der Waals surface area contributed by atoms with Crippen molar-refractivity contribution in [3.63, 3.8) is 0 Å². The van der Waals surface area contributed by atoms with Gasteiger partial charge in [0, 0.05) is 36.5 Å². The van der Waals surface area contributed by atoms with E-state index in [-0.39, 0.29) is 12.6 Å². The van der Waals surface area contributed by atoms with E-state index < -0.39 is 0 Å². The predicted molar refractivity (Wildman–Crippen MR) is 97.7 cm³/mol. The number of hydrogen-bond donors (Lipinski definition) is 2. The van der Waals surface area contributed by atoms with Gasteiger partial charge in [-0.05, 0) is 30.5 Å². The molecule has 0 amide bonds. The molecule has 2 aromatic heterocycles. The Hall–Kier alpha value is -2.08. The Balaban J connectivity index is 1.65. The lowest BCUT2D eigenvalue weighted by molar-refractivity contribution is 0.275. The van der Waals surface area contributed by atoms with Crippen LogP contribution in [0, 0.1) is 0 Å². The van der Waals surface area contributed by atoms with Gasteiger partial charge in [0.15, 0.2) is 0 Å². The maximum Gasteiger partial charge on any atom is 0.142 e. The average Bonchev–Trinajstić information content (AvgIpc) is 3.12. The molecule has 0 bridgehead atoms. The molecular formula is C19H21N3OS. The maximum absolute atomic E-state index is 9.13. The number of nitrogens with zero attached hydrogens (tertiary/aromatic N) is 2. The number of aliphatic hydroxyl groups is 1. The third-order valence-corrected chi connectivity index (χ3v) is 4.83. The van der Waals surface area contributed by atoms with Crippen molar-refractivity contribution in [1.29, 1.82) is 0 Å². The van der Waals surface area contributed by atoms with Crippen LogP contribution in [0.1, 0.15) is 29.3 Å². The normalized spacial score (nSPS) is 12.2. The maximum atomic E-state index is 9.13. The minimum absolute atomic E-state index is 0.218. The van der Waals surface area contributed by atoms with E-state index in [0.29, 0.717) is 0 Å². The first-order chi connectivity index (χ1) is 11.9. The molecule has 3 rings (SSSR count). The minimum atomic E-state index is 0.218. The summed E-state index contributed by atoms with van der Waals surface area (Å²) < 4.78 is 0. The van der Waals surface area contributed by atoms with Crippen molar-refractivity contribution in [2.45, 2.75) is 25.4 Å². The summed E-state index contributed by atoms with van der Waals surface area (Å²) in [5, 5.41) is 13.7. The van der Waals surface area contributed by atoms with Crippen LogP contribution in [0.4, 0.5) is 0 Å².